The number of benzene rings is 3. The van der Waals surface area contributed by atoms with E-state index in [-0.39, 0.29) is 11.8 Å². The summed E-state index contributed by atoms with van der Waals surface area (Å²) in [4.78, 5) is 19.8. The molecule has 0 saturated carbocycles. The minimum atomic E-state index is 0.0363. The van der Waals surface area contributed by atoms with Crippen LogP contribution in [0.3, 0.4) is 0 Å². The third-order valence-electron chi connectivity index (χ3n) is 6.10. The number of imidazole rings is 1. The summed E-state index contributed by atoms with van der Waals surface area (Å²) in [7, 11) is 1.70. The summed E-state index contributed by atoms with van der Waals surface area (Å²) in [5.74, 6) is 2.00. The second-order valence-corrected chi connectivity index (χ2v) is 8.05. The molecule has 1 saturated heterocycles. The van der Waals surface area contributed by atoms with Crippen LogP contribution in [0.15, 0.2) is 72.8 Å². The van der Waals surface area contributed by atoms with E-state index in [0.29, 0.717) is 19.5 Å². The number of methoxy groups -OCH3 is 1. The van der Waals surface area contributed by atoms with E-state index in [0.717, 1.165) is 39.4 Å². The quantitative estimate of drug-likeness (QED) is 0.468. The Morgan fingerprint density at radius 2 is 1.74 bits per heavy atom. The molecule has 1 fully saturated rings. The standard InChI is InChI=1S/C26H25N3O2/c1-18-9-3-6-12-22(18)28-17-20(15-25(28)30)26-27-21-11-5-7-13-23(21)29(26)16-19-10-4-8-14-24(19)31-2/h3-14,20H,15-17H2,1-2H3/t20-/m1/s1. The van der Waals surface area contributed by atoms with Crippen molar-refractivity contribution in [2.24, 2.45) is 0 Å². The van der Waals surface area contributed by atoms with E-state index in [1.54, 1.807) is 7.11 Å². The van der Waals surface area contributed by atoms with Crippen molar-refractivity contribution in [3.05, 3.63) is 89.7 Å². The first-order valence-electron chi connectivity index (χ1n) is 10.6. The predicted octanol–water partition coefficient (Wildman–Crippen LogP) is 4.92. The number of fused-ring (bicyclic) bond motifs is 1. The number of nitrogens with zero attached hydrogens (tertiary/aromatic N) is 3. The Labute approximate surface area is 181 Å². The Balaban J connectivity index is 1.55. The lowest BCUT2D eigenvalue weighted by atomic mass is 10.1. The first-order chi connectivity index (χ1) is 15.2. The van der Waals surface area contributed by atoms with Crippen molar-refractivity contribution in [3.8, 4) is 5.75 Å². The number of aryl methyl sites for hydroxylation is 1. The van der Waals surface area contributed by atoms with Gasteiger partial charge in [-0.2, -0.15) is 0 Å². The number of carbonyl (C=O) groups is 1. The highest BCUT2D eigenvalue weighted by molar-refractivity contribution is 5.97. The Hall–Kier alpha value is -3.60. The largest absolute Gasteiger partial charge is 0.496 e. The maximum atomic E-state index is 13.0. The number of anilines is 1. The number of para-hydroxylation sites is 4. The number of rotatable bonds is 5. The van der Waals surface area contributed by atoms with Crippen LogP contribution in [0.2, 0.25) is 0 Å². The van der Waals surface area contributed by atoms with Crippen LogP contribution in [0.1, 0.15) is 29.3 Å². The highest BCUT2D eigenvalue weighted by Crippen LogP contribution is 2.35. The highest BCUT2D eigenvalue weighted by atomic mass is 16.5. The number of aromatic nitrogens is 2. The van der Waals surface area contributed by atoms with Crippen molar-refractivity contribution in [2.45, 2.75) is 25.8 Å². The topological polar surface area (TPSA) is 47.4 Å². The average Bonchev–Trinajstić information content (AvgIpc) is 3.35. The molecule has 1 aliphatic rings. The van der Waals surface area contributed by atoms with Crippen LogP contribution in [-0.2, 0) is 11.3 Å². The van der Waals surface area contributed by atoms with Crippen molar-refractivity contribution >= 4 is 22.6 Å². The fraction of sp³-hybridized carbons (Fsp3) is 0.231. The molecule has 5 nitrogen and oxygen atoms in total. The summed E-state index contributed by atoms with van der Waals surface area (Å²) >= 11 is 0. The molecule has 1 aromatic heterocycles. The Morgan fingerprint density at radius 3 is 2.58 bits per heavy atom. The Morgan fingerprint density at radius 1 is 1.00 bits per heavy atom. The monoisotopic (exact) mass is 411 g/mol. The molecule has 0 bridgehead atoms. The van der Waals surface area contributed by atoms with Gasteiger partial charge in [0.15, 0.2) is 0 Å². The first-order valence-corrected chi connectivity index (χ1v) is 10.6. The zero-order valence-corrected chi connectivity index (χ0v) is 17.8. The molecule has 1 aliphatic heterocycles. The van der Waals surface area contributed by atoms with Gasteiger partial charge in [0.2, 0.25) is 5.91 Å². The number of amides is 1. The van der Waals surface area contributed by atoms with Crippen molar-refractivity contribution in [3.63, 3.8) is 0 Å². The van der Waals surface area contributed by atoms with Crippen LogP contribution in [0.5, 0.6) is 5.75 Å². The maximum absolute atomic E-state index is 13.0. The predicted molar refractivity (Wildman–Crippen MR) is 123 cm³/mol. The molecule has 4 aromatic rings. The molecule has 1 amide bonds. The zero-order chi connectivity index (χ0) is 21.4. The minimum Gasteiger partial charge on any atom is -0.496 e. The van der Waals surface area contributed by atoms with Gasteiger partial charge in [0.25, 0.3) is 0 Å². The van der Waals surface area contributed by atoms with Gasteiger partial charge >= 0.3 is 0 Å². The molecule has 2 heterocycles. The molecule has 0 radical (unpaired) electrons. The second-order valence-electron chi connectivity index (χ2n) is 8.05. The number of carbonyl (C=O) groups excluding carboxylic acids is 1. The Bertz CT molecular complexity index is 1260. The molecule has 5 heteroatoms. The van der Waals surface area contributed by atoms with Crippen molar-refractivity contribution in [1.29, 1.82) is 0 Å². The van der Waals surface area contributed by atoms with Crippen LogP contribution >= 0.6 is 0 Å². The molecule has 31 heavy (non-hydrogen) atoms. The summed E-state index contributed by atoms with van der Waals surface area (Å²) in [6, 6.07) is 24.3. The summed E-state index contributed by atoms with van der Waals surface area (Å²) in [6.07, 6.45) is 0.462. The summed E-state index contributed by atoms with van der Waals surface area (Å²) in [5.41, 5.74) is 5.22. The molecule has 156 valence electrons. The molecule has 1 atom stereocenters. The summed E-state index contributed by atoms with van der Waals surface area (Å²) in [6.45, 7) is 3.33. The molecule has 0 N–H and O–H groups in total. The number of ether oxygens (including phenoxy) is 1. The van der Waals surface area contributed by atoms with Crippen LogP contribution in [-0.4, -0.2) is 29.1 Å². The van der Waals surface area contributed by atoms with Gasteiger partial charge < -0.3 is 14.2 Å². The van der Waals surface area contributed by atoms with Gasteiger partial charge in [-0.05, 0) is 36.8 Å². The van der Waals surface area contributed by atoms with Gasteiger partial charge in [-0.1, -0.05) is 48.5 Å². The number of hydrogen-bond donors (Lipinski definition) is 0. The number of hydrogen-bond acceptors (Lipinski definition) is 3. The van der Waals surface area contributed by atoms with Crippen LogP contribution in [0.25, 0.3) is 11.0 Å². The van der Waals surface area contributed by atoms with E-state index < -0.39 is 0 Å². The van der Waals surface area contributed by atoms with E-state index in [9.17, 15) is 4.79 Å². The molecule has 3 aromatic carbocycles. The molecule has 0 spiro atoms. The van der Waals surface area contributed by atoms with E-state index in [2.05, 4.69) is 16.7 Å². The van der Waals surface area contributed by atoms with Gasteiger partial charge in [-0.25, -0.2) is 4.98 Å². The van der Waals surface area contributed by atoms with E-state index in [1.165, 1.54) is 0 Å². The fourth-order valence-electron chi connectivity index (χ4n) is 4.56. The molecular weight excluding hydrogens is 386 g/mol. The molecular formula is C26H25N3O2. The third kappa shape index (κ3) is 3.46. The molecule has 0 unspecified atom stereocenters. The lowest BCUT2D eigenvalue weighted by Gasteiger charge is -2.19. The van der Waals surface area contributed by atoms with Crippen LogP contribution in [0.4, 0.5) is 5.69 Å². The van der Waals surface area contributed by atoms with Gasteiger partial charge in [-0.3, -0.25) is 4.79 Å². The van der Waals surface area contributed by atoms with E-state index >= 15 is 0 Å². The van der Waals surface area contributed by atoms with Crippen molar-refractivity contribution < 1.29 is 9.53 Å². The Kier molecular flexibility index (Phi) is 4.94. The minimum absolute atomic E-state index is 0.0363. The zero-order valence-electron chi connectivity index (χ0n) is 17.8. The fourth-order valence-corrected chi connectivity index (χ4v) is 4.56. The highest BCUT2D eigenvalue weighted by Gasteiger charge is 2.35. The molecule has 5 rings (SSSR count). The van der Waals surface area contributed by atoms with Gasteiger partial charge in [-0.15, -0.1) is 0 Å². The first kappa shape index (κ1) is 19.4. The van der Waals surface area contributed by atoms with Crippen LogP contribution < -0.4 is 9.64 Å². The van der Waals surface area contributed by atoms with Gasteiger partial charge in [0.1, 0.15) is 11.6 Å². The van der Waals surface area contributed by atoms with Crippen molar-refractivity contribution in [2.75, 3.05) is 18.6 Å². The average molecular weight is 412 g/mol. The van der Waals surface area contributed by atoms with Crippen molar-refractivity contribution in [1.82, 2.24) is 9.55 Å². The smallest absolute Gasteiger partial charge is 0.227 e. The maximum Gasteiger partial charge on any atom is 0.227 e. The SMILES string of the molecule is COc1ccccc1Cn1c([C@@H]2CC(=O)N(c3ccccc3C)C2)nc2ccccc21. The normalized spacial score (nSPS) is 16.3. The van der Waals surface area contributed by atoms with E-state index in [4.69, 9.17) is 9.72 Å². The van der Waals surface area contributed by atoms with Crippen LogP contribution in [0, 0.1) is 6.92 Å². The van der Waals surface area contributed by atoms with Gasteiger partial charge in [0, 0.05) is 30.1 Å². The summed E-state index contributed by atoms with van der Waals surface area (Å²) < 4.78 is 7.82. The summed E-state index contributed by atoms with van der Waals surface area (Å²) in [5, 5.41) is 0. The van der Waals surface area contributed by atoms with E-state index in [1.807, 2.05) is 72.5 Å². The molecule has 0 aliphatic carbocycles. The lowest BCUT2D eigenvalue weighted by Crippen LogP contribution is -2.25. The second kappa shape index (κ2) is 7.91. The van der Waals surface area contributed by atoms with Gasteiger partial charge in [0.05, 0.1) is 24.7 Å². The lowest BCUT2D eigenvalue weighted by molar-refractivity contribution is -0.117. The third-order valence-corrected chi connectivity index (χ3v) is 6.10.